The molecule has 3 N–H and O–H groups in total. The van der Waals surface area contributed by atoms with Gasteiger partial charge in [0.25, 0.3) is 0 Å². The topological polar surface area (TPSA) is 95.9 Å². The van der Waals surface area contributed by atoms with Gasteiger partial charge >= 0.3 is 5.97 Å². The van der Waals surface area contributed by atoms with Crippen LogP contribution in [0.4, 0.5) is 0 Å². The zero-order chi connectivity index (χ0) is 35.9. The summed E-state index contributed by atoms with van der Waals surface area (Å²) < 4.78 is 5.43. The molecule has 6 nitrogen and oxygen atoms in total. The highest BCUT2D eigenvalue weighted by atomic mass is 16.5. The molecule has 0 bridgehead atoms. The first kappa shape index (κ1) is 47.6. The molecule has 0 aliphatic carbocycles. The number of ether oxygens (including phenoxy) is 1. The highest BCUT2D eigenvalue weighted by Gasteiger charge is 2.18. The molecule has 0 aliphatic rings. The quantitative estimate of drug-likeness (QED) is 0.0338. The summed E-state index contributed by atoms with van der Waals surface area (Å²) in [6.45, 7) is 4.80. The molecule has 0 fully saturated rings. The summed E-state index contributed by atoms with van der Waals surface area (Å²) in [6.07, 6.45) is 41.9. The number of aliphatic hydroxyl groups excluding tert-OH is 2. The molecular weight excluding hydrogens is 610 g/mol. The summed E-state index contributed by atoms with van der Waals surface area (Å²) in [7, 11) is 0. The number of hydrogen-bond donors (Lipinski definition) is 3. The first-order valence-corrected chi connectivity index (χ1v) is 21.5. The van der Waals surface area contributed by atoms with Gasteiger partial charge in [-0.2, -0.15) is 0 Å². The maximum atomic E-state index is 12.3. The molecule has 0 radical (unpaired) electrons. The van der Waals surface area contributed by atoms with Crippen LogP contribution in [0.25, 0.3) is 0 Å². The number of allylic oxidation sites excluding steroid dienone is 1. The maximum absolute atomic E-state index is 12.3. The van der Waals surface area contributed by atoms with Gasteiger partial charge < -0.3 is 20.3 Å². The second-order valence-electron chi connectivity index (χ2n) is 14.7. The van der Waals surface area contributed by atoms with E-state index in [1.807, 2.05) is 6.08 Å². The molecule has 0 aromatic rings. The van der Waals surface area contributed by atoms with E-state index >= 15 is 0 Å². The number of amides is 1. The van der Waals surface area contributed by atoms with Crippen molar-refractivity contribution < 1.29 is 24.5 Å². The fourth-order valence-electron chi connectivity index (χ4n) is 6.45. The average molecular weight is 694 g/mol. The van der Waals surface area contributed by atoms with Crippen molar-refractivity contribution in [3.05, 3.63) is 12.2 Å². The highest BCUT2D eigenvalue weighted by molar-refractivity contribution is 5.76. The normalized spacial score (nSPS) is 12.8. The van der Waals surface area contributed by atoms with Gasteiger partial charge in [0, 0.05) is 12.8 Å². The van der Waals surface area contributed by atoms with Gasteiger partial charge in [-0.25, -0.2) is 0 Å². The number of carbonyl (C=O) groups excluding carboxylic acids is 2. The molecule has 0 heterocycles. The van der Waals surface area contributed by atoms with Crippen LogP contribution in [-0.4, -0.2) is 47.4 Å². The lowest BCUT2D eigenvalue weighted by molar-refractivity contribution is -0.143. The first-order valence-electron chi connectivity index (χ1n) is 21.5. The van der Waals surface area contributed by atoms with Crippen LogP contribution >= 0.6 is 0 Å². The van der Waals surface area contributed by atoms with E-state index in [2.05, 4.69) is 19.2 Å². The fourth-order valence-corrected chi connectivity index (χ4v) is 6.45. The molecular formula is C43H83NO5. The molecule has 0 saturated heterocycles. The van der Waals surface area contributed by atoms with Crippen LogP contribution in [0, 0.1) is 0 Å². The van der Waals surface area contributed by atoms with Crippen molar-refractivity contribution in [3.63, 3.8) is 0 Å². The largest absolute Gasteiger partial charge is 0.466 e. The van der Waals surface area contributed by atoms with Crippen molar-refractivity contribution in [1.29, 1.82) is 0 Å². The molecule has 290 valence electrons. The second kappa shape index (κ2) is 39.4. The summed E-state index contributed by atoms with van der Waals surface area (Å²) >= 11 is 0. The van der Waals surface area contributed by atoms with Gasteiger partial charge in [-0.15, -0.1) is 0 Å². The van der Waals surface area contributed by atoms with Gasteiger partial charge in [0.15, 0.2) is 0 Å². The molecule has 0 aromatic heterocycles. The zero-order valence-corrected chi connectivity index (χ0v) is 32.7. The molecule has 0 saturated carbocycles. The zero-order valence-electron chi connectivity index (χ0n) is 32.7. The molecule has 49 heavy (non-hydrogen) atoms. The Hall–Kier alpha value is -1.40. The minimum absolute atomic E-state index is 0.0269. The third kappa shape index (κ3) is 36.2. The van der Waals surface area contributed by atoms with Gasteiger partial charge in [-0.3, -0.25) is 9.59 Å². The Labute approximate surface area is 304 Å². The Morgan fingerprint density at radius 2 is 0.939 bits per heavy atom. The molecule has 0 aromatic carbocycles. The van der Waals surface area contributed by atoms with Crippen molar-refractivity contribution in [3.8, 4) is 0 Å². The smallest absolute Gasteiger partial charge is 0.305 e. The van der Waals surface area contributed by atoms with Gasteiger partial charge in [0.2, 0.25) is 5.91 Å². The van der Waals surface area contributed by atoms with E-state index in [1.165, 1.54) is 141 Å². The minimum Gasteiger partial charge on any atom is -0.466 e. The SMILES string of the molecule is CCCCCCCCCC/C=C/C(O)C(CO)NC(=O)CCCCCCCCCCCOC(=O)CCCCCCCCCCCCCCC. The molecule has 2 unspecified atom stereocenters. The number of nitrogens with one attached hydrogen (secondary N) is 1. The fraction of sp³-hybridized carbons (Fsp3) is 0.907. The monoisotopic (exact) mass is 694 g/mol. The molecule has 2 atom stereocenters. The lowest BCUT2D eigenvalue weighted by Gasteiger charge is -2.20. The molecule has 6 heteroatoms. The van der Waals surface area contributed by atoms with Crippen molar-refractivity contribution >= 4 is 11.9 Å². The maximum Gasteiger partial charge on any atom is 0.305 e. The third-order valence-corrected chi connectivity index (χ3v) is 9.81. The lowest BCUT2D eigenvalue weighted by atomic mass is 10.0. The Morgan fingerprint density at radius 3 is 1.39 bits per heavy atom. The van der Waals surface area contributed by atoms with Crippen LogP contribution in [0.3, 0.4) is 0 Å². The summed E-state index contributed by atoms with van der Waals surface area (Å²) in [5.41, 5.74) is 0. The summed E-state index contributed by atoms with van der Waals surface area (Å²) in [5.74, 6) is -0.124. The van der Waals surface area contributed by atoms with Crippen LogP contribution in [0.2, 0.25) is 0 Å². The van der Waals surface area contributed by atoms with Crippen molar-refractivity contribution in [2.45, 2.75) is 238 Å². The van der Waals surface area contributed by atoms with Crippen molar-refractivity contribution in [2.24, 2.45) is 0 Å². The Balaban J connectivity index is 3.51. The van der Waals surface area contributed by atoms with Crippen LogP contribution in [0.1, 0.15) is 226 Å². The first-order chi connectivity index (χ1) is 24.0. The summed E-state index contributed by atoms with van der Waals surface area (Å²) in [5, 5.41) is 22.8. The number of hydrogen-bond acceptors (Lipinski definition) is 5. The lowest BCUT2D eigenvalue weighted by Crippen LogP contribution is -2.45. The van der Waals surface area contributed by atoms with E-state index in [1.54, 1.807) is 6.08 Å². The molecule has 0 aliphatic heterocycles. The molecule has 0 spiro atoms. The van der Waals surface area contributed by atoms with Crippen LogP contribution in [-0.2, 0) is 14.3 Å². The van der Waals surface area contributed by atoms with E-state index < -0.39 is 12.1 Å². The number of unbranched alkanes of at least 4 members (excludes halogenated alkanes) is 28. The van der Waals surface area contributed by atoms with Gasteiger partial charge in [0.1, 0.15) is 0 Å². The minimum atomic E-state index is -0.857. The van der Waals surface area contributed by atoms with Crippen LogP contribution < -0.4 is 5.32 Å². The number of esters is 1. The summed E-state index contributed by atoms with van der Waals surface area (Å²) in [6, 6.07) is -0.644. The predicted molar refractivity (Wildman–Crippen MR) is 209 cm³/mol. The third-order valence-electron chi connectivity index (χ3n) is 9.81. The van der Waals surface area contributed by atoms with Crippen molar-refractivity contribution in [2.75, 3.05) is 13.2 Å². The van der Waals surface area contributed by atoms with E-state index in [4.69, 9.17) is 4.74 Å². The van der Waals surface area contributed by atoms with Crippen LogP contribution in [0.5, 0.6) is 0 Å². The second-order valence-corrected chi connectivity index (χ2v) is 14.7. The van der Waals surface area contributed by atoms with E-state index in [-0.39, 0.29) is 18.5 Å². The van der Waals surface area contributed by atoms with Gasteiger partial charge in [-0.05, 0) is 32.1 Å². The highest BCUT2D eigenvalue weighted by Crippen LogP contribution is 2.15. The number of aliphatic hydroxyl groups is 2. The average Bonchev–Trinajstić information content (AvgIpc) is 3.10. The van der Waals surface area contributed by atoms with E-state index in [0.717, 1.165) is 57.8 Å². The molecule has 1 amide bonds. The standard InChI is InChI=1S/C43H83NO5/c1-3-5-7-9-11-13-15-16-17-21-25-29-33-37-43(48)49-38-34-30-26-22-18-20-24-28-32-36-42(47)44-40(39-45)41(46)35-31-27-23-19-14-12-10-8-6-4-2/h31,35,40-41,45-46H,3-30,32-34,36-39H2,1-2H3,(H,44,47)/b35-31+. The van der Waals surface area contributed by atoms with E-state index in [0.29, 0.717) is 19.4 Å². The van der Waals surface area contributed by atoms with Gasteiger partial charge in [-0.1, -0.05) is 193 Å². The Kier molecular flexibility index (Phi) is 38.3. The molecule has 0 rings (SSSR count). The van der Waals surface area contributed by atoms with Crippen molar-refractivity contribution in [1.82, 2.24) is 5.32 Å². The number of rotatable bonds is 39. The number of carbonyl (C=O) groups is 2. The Morgan fingerprint density at radius 1 is 0.551 bits per heavy atom. The summed E-state index contributed by atoms with van der Waals surface area (Å²) in [4.78, 5) is 24.3. The van der Waals surface area contributed by atoms with Gasteiger partial charge in [0.05, 0.1) is 25.4 Å². The van der Waals surface area contributed by atoms with Crippen LogP contribution in [0.15, 0.2) is 12.2 Å². The van der Waals surface area contributed by atoms with E-state index in [9.17, 15) is 19.8 Å². The Bertz CT molecular complexity index is 727. The predicted octanol–water partition coefficient (Wildman–Crippen LogP) is 11.8.